The van der Waals surface area contributed by atoms with Gasteiger partial charge in [-0.15, -0.1) is 0 Å². The van der Waals surface area contributed by atoms with E-state index in [4.69, 9.17) is 4.42 Å². The molecule has 0 fully saturated rings. The fourth-order valence-electron chi connectivity index (χ4n) is 8.92. The number of nitrogens with zero attached hydrogens (tertiary/aromatic N) is 2. The molecule has 214 valence electrons. The molecule has 3 aliphatic rings. The number of fused-ring (bicyclic) bond motifs is 13. The Morgan fingerprint density at radius 3 is 2.49 bits per heavy atom. The van der Waals surface area contributed by atoms with Crippen LogP contribution in [0, 0.1) is 0 Å². The molecule has 1 aliphatic carbocycles. The first-order chi connectivity index (χ1) is 22.3. The van der Waals surface area contributed by atoms with Crippen molar-refractivity contribution < 1.29 is 9.73 Å². The lowest BCUT2D eigenvalue weighted by Crippen LogP contribution is -2.85. The second-order valence-electron chi connectivity index (χ2n) is 12.8. The fraction of sp³-hybridized carbons (Fsp3) is 0.122. The van der Waals surface area contributed by atoms with E-state index in [0.717, 1.165) is 46.9 Å². The van der Waals surface area contributed by atoms with Crippen LogP contribution in [0.2, 0.25) is 0 Å². The smallest absolute Gasteiger partial charge is 0.197 e. The van der Waals surface area contributed by atoms with E-state index >= 15 is 0 Å². The molecule has 45 heavy (non-hydrogen) atoms. The molecule has 0 bridgehead atoms. The standard InChI is InChI=1S/C41H29N3O/c1-2-24-25-10-3-6-15-32(25)42-41-37(24)31-14-9-13-28-29-20-21-34-38(40(29)44(41)39(28)31)30-12-4-7-16-33(30)43(34)23-18-19-27-26-11-5-8-17-35(26)45-36(27)22-23/h3-5,7-14,16-22,41-42H,2,6,15H2,1H3/p+1. The van der Waals surface area contributed by atoms with E-state index in [1.165, 1.54) is 71.6 Å². The van der Waals surface area contributed by atoms with Crippen molar-refractivity contribution >= 4 is 71.1 Å². The Morgan fingerprint density at radius 2 is 1.56 bits per heavy atom. The lowest BCUT2D eigenvalue weighted by atomic mass is 9.85. The minimum Gasteiger partial charge on any atom is -0.456 e. The minimum atomic E-state index is 0.210. The number of nitrogens with two attached hydrogens (primary N) is 1. The maximum absolute atomic E-state index is 6.36. The van der Waals surface area contributed by atoms with Gasteiger partial charge in [0.1, 0.15) is 16.9 Å². The number of aromatic nitrogens is 2. The Kier molecular flexibility index (Phi) is 4.51. The van der Waals surface area contributed by atoms with Crippen LogP contribution in [0.15, 0.2) is 130 Å². The summed E-state index contributed by atoms with van der Waals surface area (Å²) >= 11 is 0. The molecule has 11 rings (SSSR count). The third kappa shape index (κ3) is 2.91. The summed E-state index contributed by atoms with van der Waals surface area (Å²) in [6, 6.07) is 35.6. The molecule has 1 atom stereocenters. The second-order valence-corrected chi connectivity index (χ2v) is 12.8. The summed E-state index contributed by atoms with van der Waals surface area (Å²) in [6.07, 6.45) is 8.24. The normalized spacial score (nSPS) is 17.7. The van der Waals surface area contributed by atoms with Gasteiger partial charge in [0.15, 0.2) is 6.17 Å². The summed E-state index contributed by atoms with van der Waals surface area (Å²) in [5, 5.41) is 10.2. The van der Waals surface area contributed by atoms with E-state index in [-0.39, 0.29) is 6.17 Å². The second kappa shape index (κ2) is 8.44. The summed E-state index contributed by atoms with van der Waals surface area (Å²) in [5.74, 6) is 0. The average molecular weight is 581 g/mol. The number of hydrogen-bond donors (Lipinski definition) is 1. The highest BCUT2D eigenvalue weighted by atomic mass is 16.3. The van der Waals surface area contributed by atoms with Gasteiger partial charge in [0.25, 0.3) is 0 Å². The summed E-state index contributed by atoms with van der Waals surface area (Å²) in [6.45, 7) is 2.33. The van der Waals surface area contributed by atoms with E-state index in [0.29, 0.717) is 0 Å². The van der Waals surface area contributed by atoms with Crippen LogP contribution in [0.1, 0.15) is 37.9 Å². The topological polar surface area (TPSA) is 39.6 Å². The molecule has 4 nitrogen and oxygen atoms in total. The van der Waals surface area contributed by atoms with Crippen molar-refractivity contribution in [3.8, 4) is 5.69 Å². The summed E-state index contributed by atoms with van der Waals surface area (Å²) in [4.78, 5) is 0. The molecule has 0 saturated carbocycles. The van der Waals surface area contributed by atoms with Gasteiger partial charge in [0, 0.05) is 67.2 Å². The number of furan rings is 1. The Hall–Kier alpha value is -5.32. The Labute approximate surface area is 259 Å². The van der Waals surface area contributed by atoms with Gasteiger partial charge in [-0.1, -0.05) is 79.7 Å². The van der Waals surface area contributed by atoms with Crippen molar-refractivity contribution in [2.24, 2.45) is 0 Å². The maximum Gasteiger partial charge on any atom is 0.197 e. The number of hydrogen-bond acceptors (Lipinski definition) is 1. The van der Waals surface area contributed by atoms with Crippen LogP contribution in [0.3, 0.4) is 0 Å². The SMILES string of the molecule is CCC1=C2c3cccc4c5ccc6c(c7ccccc7n6-c6ccc7c(c6)oc6ccccc67)c5n(c34)C2[NH2+]C2=C1C=CCC2. The number of benzene rings is 5. The molecule has 8 aromatic rings. The van der Waals surface area contributed by atoms with Gasteiger partial charge in [0.2, 0.25) is 0 Å². The molecular weight excluding hydrogens is 550 g/mol. The first-order valence-corrected chi connectivity index (χ1v) is 16.2. The molecule has 3 aromatic heterocycles. The lowest BCUT2D eigenvalue weighted by molar-refractivity contribution is -0.653. The third-order valence-corrected chi connectivity index (χ3v) is 10.7. The van der Waals surface area contributed by atoms with Crippen LogP contribution >= 0.6 is 0 Å². The first-order valence-electron chi connectivity index (χ1n) is 16.2. The molecule has 2 N–H and O–H groups in total. The van der Waals surface area contributed by atoms with Gasteiger partial charge in [0.05, 0.1) is 22.1 Å². The van der Waals surface area contributed by atoms with Crippen LogP contribution in [0.4, 0.5) is 0 Å². The Morgan fingerprint density at radius 1 is 0.756 bits per heavy atom. The molecule has 0 spiro atoms. The quantitative estimate of drug-likeness (QED) is 0.217. The van der Waals surface area contributed by atoms with Gasteiger partial charge in [-0.05, 0) is 48.7 Å². The molecule has 1 unspecified atom stereocenters. The molecule has 2 aliphatic heterocycles. The van der Waals surface area contributed by atoms with Crippen molar-refractivity contribution in [2.45, 2.75) is 32.4 Å². The van der Waals surface area contributed by atoms with Crippen LogP contribution in [0.5, 0.6) is 0 Å². The van der Waals surface area contributed by atoms with E-state index in [2.05, 4.69) is 125 Å². The number of para-hydroxylation sites is 3. The van der Waals surface area contributed by atoms with Gasteiger partial charge in [-0.3, -0.25) is 9.88 Å². The number of quaternary nitrogens is 1. The van der Waals surface area contributed by atoms with Crippen LogP contribution in [-0.2, 0) is 0 Å². The highest BCUT2D eigenvalue weighted by Crippen LogP contribution is 2.51. The molecule has 0 radical (unpaired) electrons. The van der Waals surface area contributed by atoms with Gasteiger partial charge in [-0.2, -0.15) is 0 Å². The zero-order valence-electron chi connectivity index (χ0n) is 25.0. The summed E-state index contributed by atoms with van der Waals surface area (Å²) in [5.41, 5.74) is 15.5. The van der Waals surface area contributed by atoms with Gasteiger partial charge >= 0.3 is 0 Å². The monoisotopic (exact) mass is 580 g/mol. The van der Waals surface area contributed by atoms with Crippen molar-refractivity contribution in [3.05, 3.63) is 132 Å². The van der Waals surface area contributed by atoms with E-state index in [1.54, 1.807) is 0 Å². The van der Waals surface area contributed by atoms with Gasteiger partial charge < -0.3 is 8.98 Å². The Balaban J connectivity index is 1.25. The van der Waals surface area contributed by atoms with Crippen LogP contribution < -0.4 is 5.32 Å². The highest BCUT2D eigenvalue weighted by molar-refractivity contribution is 6.27. The predicted molar refractivity (Wildman–Crippen MR) is 185 cm³/mol. The first kappa shape index (κ1) is 24.1. The maximum atomic E-state index is 6.36. The zero-order chi connectivity index (χ0) is 29.4. The molecule has 0 saturated heterocycles. The zero-order valence-corrected chi connectivity index (χ0v) is 25.0. The van der Waals surface area contributed by atoms with E-state index in [9.17, 15) is 0 Å². The van der Waals surface area contributed by atoms with Gasteiger partial charge in [-0.25, -0.2) is 0 Å². The Bertz CT molecular complexity index is 2720. The predicted octanol–water partition coefficient (Wildman–Crippen LogP) is 9.65. The largest absolute Gasteiger partial charge is 0.456 e. The lowest BCUT2D eigenvalue weighted by Gasteiger charge is -2.28. The molecule has 5 heterocycles. The van der Waals surface area contributed by atoms with Crippen molar-refractivity contribution in [1.29, 1.82) is 0 Å². The molecule has 4 heteroatoms. The minimum absolute atomic E-state index is 0.210. The number of rotatable bonds is 2. The van der Waals surface area contributed by atoms with Crippen molar-refractivity contribution in [3.63, 3.8) is 0 Å². The van der Waals surface area contributed by atoms with Crippen molar-refractivity contribution in [1.82, 2.24) is 9.13 Å². The van der Waals surface area contributed by atoms with E-state index in [1.807, 2.05) is 6.07 Å². The van der Waals surface area contributed by atoms with Crippen molar-refractivity contribution in [2.75, 3.05) is 0 Å². The van der Waals surface area contributed by atoms with E-state index < -0.39 is 0 Å². The number of allylic oxidation sites excluding steroid dienone is 5. The summed E-state index contributed by atoms with van der Waals surface area (Å²) in [7, 11) is 0. The van der Waals surface area contributed by atoms with Crippen LogP contribution in [0.25, 0.3) is 76.8 Å². The molecular formula is C41H30N3O+. The highest BCUT2D eigenvalue weighted by Gasteiger charge is 2.41. The van der Waals surface area contributed by atoms with Crippen LogP contribution in [-0.4, -0.2) is 9.13 Å². The fourth-order valence-corrected chi connectivity index (χ4v) is 8.92. The summed E-state index contributed by atoms with van der Waals surface area (Å²) < 4.78 is 11.5. The average Bonchev–Trinajstić information content (AvgIpc) is 3.82. The molecule has 5 aromatic carbocycles. The third-order valence-electron chi connectivity index (χ3n) is 10.7. The molecule has 0 amide bonds.